The molecule has 0 saturated carbocycles. The molecule has 4 heteroatoms. The maximum absolute atomic E-state index is 10.3. The Labute approximate surface area is 70.8 Å². The summed E-state index contributed by atoms with van der Waals surface area (Å²) in [6, 6.07) is 0. The molecule has 0 amide bonds. The molecule has 0 unspecified atom stereocenters. The minimum absolute atomic E-state index is 0.236. The monoisotopic (exact) mass is 172 g/mol. The van der Waals surface area contributed by atoms with Crippen molar-refractivity contribution in [2.75, 3.05) is 6.61 Å². The molecule has 0 radical (unpaired) electrons. The van der Waals surface area contributed by atoms with Crippen molar-refractivity contribution in [2.45, 2.75) is 20.3 Å². The Bertz CT molecular complexity index is 205. The Balaban J connectivity index is 3.60. The molecule has 0 heterocycles. The second-order valence-corrected chi connectivity index (χ2v) is 2.32. The molecule has 0 aromatic carbocycles. The molecule has 12 heavy (non-hydrogen) atoms. The van der Waals surface area contributed by atoms with E-state index in [1.54, 1.807) is 0 Å². The molecule has 0 spiro atoms. The zero-order valence-corrected chi connectivity index (χ0v) is 7.16. The molecular weight excluding hydrogens is 160 g/mol. The third-order valence-electron chi connectivity index (χ3n) is 1.21. The number of ether oxygens (including phenoxy) is 1. The van der Waals surface area contributed by atoms with Crippen molar-refractivity contribution in [1.82, 2.24) is 0 Å². The van der Waals surface area contributed by atoms with Gasteiger partial charge in [0.15, 0.2) is 0 Å². The van der Waals surface area contributed by atoms with Crippen molar-refractivity contribution in [2.24, 2.45) is 0 Å². The molecule has 0 saturated heterocycles. The molecule has 0 rings (SSSR count). The second-order valence-electron chi connectivity index (χ2n) is 2.32. The topological polar surface area (TPSA) is 63.6 Å². The number of aliphatic carboxylic acids is 1. The third kappa shape index (κ3) is 5.46. The van der Waals surface area contributed by atoms with Gasteiger partial charge >= 0.3 is 11.9 Å². The number of hydrogen-bond donors (Lipinski definition) is 1. The Morgan fingerprint density at radius 3 is 2.42 bits per heavy atom. The molecular formula is C8H12O4. The number of carboxylic acid groups (broad SMARTS) is 1. The van der Waals surface area contributed by atoms with Crippen LogP contribution in [0.3, 0.4) is 0 Å². The largest absolute Gasteiger partial charge is 0.478 e. The van der Waals surface area contributed by atoms with Crippen LogP contribution < -0.4 is 0 Å². The highest BCUT2D eigenvalue weighted by atomic mass is 16.5. The van der Waals surface area contributed by atoms with E-state index in [1.165, 1.54) is 19.9 Å². The summed E-state index contributed by atoms with van der Waals surface area (Å²) in [5.74, 6) is -1.30. The standard InChI is InChI=1S/C8H12O4/c1-6(8(10)11)4-3-5-12-7(2)9/h4H,3,5H2,1-2H3,(H,10,11). The van der Waals surface area contributed by atoms with Crippen molar-refractivity contribution in [1.29, 1.82) is 0 Å². The van der Waals surface area contributed by atoms with Gasteiger partial charge in [-0.05, 0) is 6.92 Å². The van der Waals surface area contributed by atoms with E-state index in [1.807, 2.05) is 0 Å². The molecule has 0 aliphatic heterocycles. The predicted molar refractivity (Wildman–Crippen MR) is 42.6 cm³/mol. The average molecular weight is 172 g/mol. The minimum atomic E-state index is -0.946. The van der Waals surface area contributed by atoms with E-state index in [2.05, 4.69) is 4.74 Å². The number of carbonyl (C=O) groups is 2. The summed E-state index contributed by atoms with van der Waals surface area (Å²) in [7, 11) is 0. The van der Waals surface area contributed by atoms with E-state index in [4.69, 9.17) is 5.11 Å². The zero-order chi connectivity index (χ0) is 9.56. The van der Waals surface area contributed by atoms with Crippen molar-refractivity contribution in [3.63, 3.8) is 0 Å². The maximum atomic E-state index is 10.3. The van der Waals surface area contributed by atoms with E-state index in [-0.39, 0.29) is 18.1 Å². The molecule has 0 fully saturated rings. The van der Waals surface area contributed by atoms with E-state index >= 15 is 0 Å². The lowest BCUT2D eigenvalue weighted by Crippen LogP contribution is -2.01. The molecule has 0 aliphatic rings. The van der Waals surface area contributed by atoms with Gasteiger partial charge in [0.2, 0.25) is 0 Å². The van der Waals surface area contributed by atoms with Gasteiger partial charge in [-0.25, -0.2) is 4.79 Å². The second kappa shape index (κ2) is 5.35. The fourth-order valence-electron chi connectivity index (χ4n) is 0.565. The Morgan fingerprint density at radius 1 is 1.42 bits per heavy atom. The van der Waals surface area contributed by atoms with Crippen LogP contribution in [0.4, 0.5) is 0 Å². The van der Waals surface area contributed by atoms with Crippen LogP contribution >= 0.6 is 0 Å². The highest BCUT2D eigenvalue weighted by Crippen LogP contribution is 1.95. The zero-order valence-electron chi connectivity index (χ0n) is 7.16. The van der Waals surface area contributed by atoms with Crippen LogP contribution in [0.2, 0.25) is 0 Å². The first-order valence-electron chi connectivity index (χ1n) is 3.57. The summed E-state index contributed by atoms with van der Waals surface area (Å²) < 4.78 is 4.60. The number of rotatable bonds is 4. The number of esters is 1. The predicted octanol–water partition coefficient (Wildman–Crippen LogP) is 0.970. The van der Waals surface area contributed by atoms with Gasteiger partial charge in [0.05, 0.1) is 6.61 Å². The van der Waals surface area contributed by atoms with Gasteiger partial charge in [-0.3, -0.25) is 4.79 Å². The molecule has 0 aromatic rings. The first-order valence-corrected chi connectivity index (χ1v) is 3.57. The van der Waals surface area contributed by atoms with Crippen molar-refractivity contribution in [3.05, 3.63) is 11.6 Å². The van der Waals surface area contributed by atoms with Gasteiger partial charge in [0.25, 0.3) is 0 Å². The minimum Gasteiger partial charge on any atom is -0.478 e. The summed E-state index contributed by atoms with van der Waals surface area (Å²) in [5.41, 5.74) is 0.266. The highest BCUT2D eigenvalue weighted by Gasteiger charge is 1.98. The van der Waals surface area contributed by atoms with Crippen LogP contribution in [0.1, 0.15) is 20.3 Å². The summed E-state index contributed by atoms with van der Waals surface area (Å²) >= 11 is 0. The van der Waals surface area contributed by atoms with Crippen LogP contribution in [-0.2, 0) is 14.3 Å². The van der Waals surface area contributed by atoms with E-state index in [0.29, 0.717) is 6.42 Å². The number of carbonyl (C=O) groups excluding carboxylic acids is 1. The normalized spacial score (nSPS) is 11.0. The van der Waals surface area contributed by atoms with Gasteiger partial charge in [-0.15, -0.1) is 0 Å². The fourth-order valence-corrected chi connectivity index (χ4v) is 0.565. The summed E-state index contributed by atoms with van der Waals surface area (Å²) in [5, 5.41) is 8.41. The van der Waals surface area contributed by atoms with Crippen molar-refractivity contribution < 1.29 is 19.4 Å². The Hall–Kier alpha value is -1.32. The molecule has 0 aromatic heterocycles. The summed E-state index contributed by atoms with van der Waals surface area (Å²) in [6.07, 6.45) is 1.96. The maximum Gasteiger partial charge on any atom is 0.330 e. The third-order valence-corrected chi connectivity index (χ3v) is 1.21. The van der Waals surface area contributed by atoms with E-state index in [0.717, 1.165) is 0 Å². The van der Waals surface area contributed by atoms with E-state index in [9.17, 15) is 9.59 Å². The van der Waals surface area contributed by atoms with Crippen LogP contribution in [-0.4, -0.2) is 23.7 Å². The SMILES string of the molecule is CC(=O)OCCC=C(C)C(=O)O. The van der Waals surface area contributed by atoms with Gasteiger partial charge in [-0.1, -0.05) is 6.08 Å². The molecule has 0 bridgehead atoms. The van der Waals surface area contributed by atoms with Gasteiger partial charge in [-0.2, -0.15) is 0 Å². The van der Waals surface area contributed by atoms with Crippen molar-refractivity contribution >= 4 is 11.9 Å². The van der Waals surface area contributed by atoms with Gasteiger partial charge < -0.3 is 9.84 Å². The highest BCUT2D eigenvalue weighted by molar-refractivity contribution is 5.85. The quantitative estimate of drug-likeness (QED) is 0.390. The van der Waals surface area contributed by atoms with Crippen LogP contribution in [0, 0.1) is 0 Å². The molecule has 4 nitrogen and oxygen atoms in total. The van der Waals surface area contributed by atoms with E-state index < -0.39 is 5.97 Å². The van der Waals surface area contributed by atoms with Crippen LogP contribution in [0.5, 0.6) is 0 Å². The lowest BCUT2D eigenvalue weighted by atomic mass is 10.2. The first kappa shape index (κ1) is 10.7. The molecule has 0 aliphatic carbocycles. The lowest BCUT2D eigenvalue weighted by Gasteiger charge is -1.97. The summed E-state index contributed by atoms with van der Waals surface area (Å²) in [6.45, 7) is 3.05. The van der Waals surface area contributed by atoms with Crippen LogP contribution in [0.25, 0.3) is 0 Å². The summed E-state index contributed by atoms with van der Waals surface area (Å²) in [4.78, 5) is 20.5. The Morgan fingerprint density at radius 2 is 2.00 bits per heavy atom. The molecule has 0 atom stereocenters. The first-order chi connectivity index (χ1) is 5.54. The lowest BCUT2D eigenvalue weighted by molar-refractivity contribution is -0.140. The number of hydrogen-bond acceptors (Lipinski definition) is 3. The average Bonchev–Trinajstić information content (AvgIpc) is 1.97. The number of carboxylic acids is 1. The van der Waals surface area contributed by atoms with Gasteiger partial charge in [0, 0.05) is 18.9 Å². The smallest absolute Gasteiger partial charge is 0.330 e. The van der Waals surface area contributed by atoms with Gasteiger partial charge in [0.1, 0.15) is 0 Å². The Kier molecular flexibility index (Phi) is 4.76. The fraction of sp³-hybridized carbons (Fsp3) is 0.500. The molecule has 1 N–H and O–H groups in total. The molecule has 68 valence electrons. The van der Waals surface area contributed by atoms with Crippen molar-refractivity contribution in [3.8, 4) is 0 Å². The van der Waals surface area contributed by atoms with Crippen LogP contribution in [0.15, 0.2) is 11.6 Å².